The Morgan fingerprint density at radius 2 is 2.06 bits per heavy atom. The highest BCUT2D eigenvalue weighted by atomic mass is 32.2. The van der Waals surface area contributed by atoms with Gasteiger partial charge in [-0.15, -0.1) is 0 Å². The summed E-state index contributed by atoms with van der Waals surface area (Å²) >= 11 is 0. The van der Waals surface area contributed by atoms with Crippen LogP contribution in [0.3, 0.4) is 0 Å². The first-order valence-corrected chi connectivity index (χ1v) is 6.64. The predicted molar refractivity (Wildman–Crippen MR) is 62.5 cm³/mol. The van der Waals surface area contributed by atoms with Gasteiger partial charge in [-0.05, 0) is 37.6 Å². The third-order valence-corrected chi connectivity index (χ3v) is 3.90. The van der Waals surface area contributed by atoms with Gasteiger partial charge in [-0.25, -0.2) is 13.1 Å². The van der Waals surface area contributed by atoms with Crippen LogP contribution in [0.25, 0.3) is 0 Å². The molecule has 1 aromatic rings. The minimum Gasteiger partial charge on any atom is -0.548 e. The molecule has 1 N–H and O–H groups in total. The van der Waals surface area contributed by atoms with E-state index in [4.69, 9.17) is 4.74 Å². The number of rotatable bonds is 5. The zero-order valence-corrected chi connectivity index (χ0v) is 11.1. The van der Waals surface area contributed by atoms with Crippen molar-refractivity contribution in [2.24, 2.45) is 0 Å². The minimum atomic E-state index is -3.88. The smallest absolute Gasteiger partial charge is 0.241 e. The molecule has 0 bridgehead atoms. The largest absolute Gasteiger partial charge is 0.548 e. The molecule has 0 saturated carbocycles. The van der Waals surface area contributed by atoms with Crippen molar-refractivity contribution in [1.82, 2.24) is 4.72 Å². The summed E-state index contributed by atoms with van der Waals surface area (Å²) in [4.78, 5) is 10.5. The summed E-state index contributed by atoms with van der Waals surface area (Å²) in [6.07, 6.45) is 0. The van der Waals surface area contributed by atoms with Crippen LogP contribution in [0.1, 0.15) is 12.5 Å². The van der Waals surface area contributed by atoms with E-state index in [0.717, 1.165) is 0 Å². The van der Waals surface area contributed by atoms with Gasteiger partial charge in [-0.3, -0.25) is 0 Å². The molecule has 1 rings (SSSR count). The van der Waals surface area contributed by atoms with Crippen LogP contribution in [0, 0.1) is 6.92 Å². The molecule has 0 radical (unpaired) electrons. The maximum absolute atomic E-state index is 11.9. The fourth-order valence-corrected chi connectivity index (χ4v) is 2.64. The van der Waals surface area contributed by atoms with Crippen LogP contribution in [0.2, 0.25) is 0 Å². The summed E-state index contributed by atoms with van der Waals surface area (Å²) in [6.45, 7) is 2.89. The SMILES string of the molecule is COc1ccc(S(=O)(=O)N[C@@H](C)C(=O)[O-])cc1C. The second kappa shape index (κ2) is 5.36. The first-order valence-electron chi connectivity index (χ1n) is 5.15. The first-order chi connectivity index (χ1) is 8.27. The molecule has 0 aromatic heterocycles. The number of carboxylic acid groups (broad SMARTS) is 1. The molecule has 18 heavy (non-hydrogen) atoms. The van der Waals surface area contributed by atoms with Crippen LogP contribution in [0.5, 0.6) is 5.75 Å². The lowest BCUT2D eigenvalue weighted by Gasteiger charge is -2.15. The number of carbonyl (C=O) groups is 1. The Kier molecular flexibility index (Phi) is 4.31. The Balaban J connectivity index is 3.06. The Labute approximate surface area is 106 Å². The fraction of sp³-hybridized carbons (Fsp3) is 0.364. The molecule has 100 valence electrons. The molecule has 0 spiro atoms. The Morgan fingerprint density at radius 3 is 2.50 bits per heavy atom. The number of hydrogen-bond acceptors (Lipinski definition) is 5. The topological polar surface area (TPSA) is 95.5 Å². The van der Waals surface area contributed by atoms with E-state index >= 15 is 0 Å². The number of nitrogens with one attached hydrogen (secondary N) is 1. The van der Waals surface area contributed by atoms with Gasteiger partial charge in [-0.2, -0.15) is 0 Å². The van der Waals surface area contributed by atoms with Gasteiger partial charge >= 0.3 is 0 Å². The quantitative estimate of drug-likeness (QED) is 0.773. The van der Waals surface area contributed by atoms with E-state index in [-0.39, 0.29) is 4.90 Å². The number of carboxylic acids is 1. The maximum atomic E-state index is 11.9. The molecule has 1 aromatic carbocycles. The molecule has 0 unspecified atom stereocenters. The monoisotopic (exact) mass is 272 g/mol. The van der Waals surface area contributed by atoms with Gasteiger partial charge in [0, 0.05) is 0 Å². The van der Waals surface area contributed by atoms with E-state index in [1.54, 1.807) is 6.92 Å². The molecule has 0 amide bonds. The van der Waals surface area contributed by atoms with Gasteiger partial charge in [-0.1, -0.05) is 0 Å². The van der Waals surface area contributed by atoms with Crippen LogP contribution < -0.4 is 14.6 Å². The highest BCUT2D eigenvalue weighted by Crippen LogP contribution is 2.21. The summed E-state index contributed by atoms with van der Waals surface area (Å²) in [5.41, 5.74) is 0.640. The number of carbonyl (C=O) groups excluding carboxylic acids is 1. The second-order valence-corrected chi connectivity index (χ2v) is 5.51. The highest BCUT2D eigenvalue weighted by molar-refractivity contribution is 7.89. The molecule has 0 aliphatic carbocycles. The lowest BCUT2D eigenvalue weighted by atomic mass is 10.2. The third kappa shape index (κ3) is 3.21. The zero-order valence-electron chi connectivity index (χ0n) is 10.3. The van der Waals surface area contributed by atoms with E-state index in [1.807, 2.05) is 4.72 Å². The van der Waals surface area contributed by atoms with Crippen molar-refractivity contribution in [3.8, 4) is 5.75 Å². The molecule has 6 nitrogen and oxygen atoms in total. The van der Waals surface area contributed by atoms with E-state index in [9.17, 15) is 18.3 Å². The standard InChI is InChI=1S/C11H15NO5S/c1-7-6-9(4-5-10(7)17-3)18(15,16)12-8(2)11(13)14/h4-6,8,12H,1-3H3,(H,13,14)/p-1/t8-/m0/s1. The predicted octanol–water partition coefficient (Wildman–Crippen LogP) is -0.580. The summed E-state index contributed by atoms with van der Waals surface area (Å²) < 4.78 is 30.7. The molecule has 0 heterocycles. The van der Waals surface area contributed by atoms with Gasteiger partial charge in [0.2, 0.25) is 10.0 Å². The maximum Gasteiger partial charge on any atom is 0.241 e. The normalized spacial score (nSPS) is 13.1. The van der Waals surface area contributed by atoms with Crippen molar-refractivity contribution in [2.75, 3.05) is 7.11 Å². The summed E-state index contributed by atoms with van der Waals surface area (Å²) in [7, 11) is -2.40. The van der Waals surface area contributed by atoms with Gasteiger partial charge < -0.3 is 14.6 Å². The molecule has 7 heteroatoms. The van der Waals surface area contributed by atoms with E-state index < -0.39 is 22.0 Å². The Hall–Kier alpha value is -1.60. The number of sulfonamides is 1. The highest BCUT2D eigenvalue weighted by Gasteiger charge is 2.18. The molecular formula is C11H14NO5S-. The zero-order chi connectivity index (χ0) is 13.9. The van der Waals surface area contributed by atoms with Crippen molar-refractivity contribution < 1.29 is 23.1 Å². The average molecular weight is 272 g/mol. The van der Waals surface area contributed by atoms with Crippen molar-refractivity contribution in [1.29, 1.82) is 0 Å². The van der Waals surface area contributed by atoms with Crippen LogP contribution in [-0.4, -0.2) is 27.5 Å². The Bertz CT molecular complexity index is 553. The number of benzene rings is 1. The third-order valence-electron chi connectivity index (χ3n) is 2.36. The van der Waals surface area contributed by atoms with Gasteiger partial charge in [0.15, 0.2) is 0 Å². The van der Waals surface area contributed by atoms with Gasteiger partial charge in [0.1, 0.15) is 5.75 Å². The lowest BCUT2D eigenvalue weighted by Crippen LogP contribution is -2.45. The summed E-state index contributed by atoms with van der Waals surface area (Å²) in [6, 6.07) is 2.96. The van der Waals surface area contributed by atoms with Crippen LogP contribution >= 0.6 is 0 Å². The van der Waals surface area contributed by atoms with Crippen molar-refractivity contribution in [2.45, 2.75) is 24.8 Å². The number of methoxy groups -OCH3 is 1. The van der Waals surface area contributed by atoms with Crippen molar-refractivity contribution >= 4 is 16.0 Å². The number of ether oxygens (including phenoxy) is 1. The molecule has 1 atom stereocenters. The van der Waals surface area contributed by atoms with Crippen LogP contribution in [0.4, 0.5) is 0 Å². The molecule has 0 saturated heterocycles. The first kappa shape index (κ1) is 14.5. The minimum absolute atomic E-state index is 0.0195. The molecular weight excluding hydrogens is 258 g/mol. The second-order valence-electron chi connectivity index (χ2n) is 3.79. The van der Waals surface area contributed by atoms with Gasteiger partial charge in [0.05, 0.1) is 24.0 Å². The molecule has 0 fully saturated rings. The van der Waals surface area contributed by atoms with Crippen LogP contribution in [-0.2, 0) is 14.8 Å². The molecule has 0 aliphatic rings. The molecule has 0 aliphatic heterocycles. The number of hydrogen-bond donors (Lipinski definition) is 1. The lowest BCUT2D eigenvalue weighted by molar-refractivity contribution is -0.307. The summed E-state index contributed by atoms with van der Waals surface area (Å²) in [5.74, 6) is -0.925. The van der Waals surface area contributed by atoms with Gasteiger partial charge in [0.25, 0.3) is 0 Å². The van der Waals surface area contributed by atoms with E-state index in [2.05, 4.69) is 0 Å². The fourth-order valence-electron chi connectivity index (χ4n) is 1.37. The van der Waals surface area contributed by atoms with Crippen molar-refractivity contribution in [3.63, 3.8) is 0 Å². The van der Waals surface area contributed by atoms with E-state index in [1.165, 1.54) is 32.2 Å². The average Bonchev–Trinajstić information content (AvgIpc) is 2.28. The number of aryl methyl sites for hydroxylation is 1. The van der Waals surface area contributed by atoms with Crippen molar-refractivity contribution in [3.05, 3.63) is 23.8 Å². The van der Waals surface area contributed by atoms with E-state index in [0.29, 0.717) is 11.3 Å². The summed E-state index contributed by atoms with van der Waals surface area (Å²) in [5, 5.41) is 10.5. The van der Waals surface area contributed by atoms with Crippen LogP contribution in [0.15, 0.2) is 23.1 Å². The Morgan fingerprint density at radius 1 is 1.44 bits per heavy atom. The number of aliphatic carboxylic acids is 1.